The smallest absolute Gasteiger partial charge is 0.163 e. The van der Waals surface area contributed by atoms with Crippen LogP contribution < -0.4 is 10.6 Å². The molecule has 0 bridgehead atoms. The van der Waals surface area contributed by atoms with Gasteiger partial charge in [-0.05, 0) is 43.5 Å². The van der Waals surface area contributed by atoms with Crippen molar-refractivity contribution >= 4 is 11.6 Å². The lowest BCUT2D eigenvalue weighted by Gasteiger charge is -2.18. The fourth-order valence-corrected chi connectivity index (χ4v) is 3.00. The van der Waals surface area contributed by atoms with E-state index >= 15 is 0 Å². The van der Waals surface area contributed by atoms with E-state index in [0.29, 0.717) is 6.42 Å². The number of benzene rings is 2. The van der Waals surface area contributed by atoms with E-state index in [-0.39, 0.29) is 30.2 Å². The molecule has 0 aliphatic carbocycles. The van der Waals surface area contributed by atoms with E-state index in [1.165, 1.54) is 5.56 Å². The first kappa shape index (κ1) is 20.0. The summed E-state index contributed by atoms with van der Waals surface area (Å²) < 4.78 is 0. The van der Waals surface area contributed by atoms with Crippen molar-refractivity contribution in [2.75, 3.05) is 13.6 Å². The molecule has 0 radical (unpaired) electrons. The first-order valence-corrected chi connectivity index (χ1v) is 9.13. The number of hydrogen-bond donors (Lipinski definition) is 2. The van der Waals surface area contributed by atoms with Crippen LogP contribution in [0.4, 0.5) is 0 Å². The molecule has 0 amide bonds. The SMILES string of the molecule is CC[C@H](NC)C(=O)CN[C@@H](Cc1ccc(-c2ccccc2)cc1)C(C)=O. The van der Waals surface area contributed by atoms with E-state index in [1.54, 1.807) is 14.0 Å². The molecule has 0 fully saturated rings. The highest BCUT2D eigenvalue weighted by Gasteiger charge is 2.19. The number of likely N-dealkylation sites (N-methyl/N-ethyl adjacent to an activating group) is 1. The van der Waals surface area contributed by atoms with Gasteiger partial charge in [0.25, 0.3) is 0 Å². The third-order valence-electron chi connectivity index (χ3n) is 4.66. The fraction of sp³-hybridized carbons (Fsp3) is 0.364. The van der Waals surface area contributed by atoms with Crippen LogP contribution in [0.1, 0.15) is 25.8 Å². The summed E-state index contributed by atoms with van der Waals surface area (Å²) in [5.41, 5.74) is 3.39. The van der Waals surface area contributed by atoms with Gasteiger partial charge in [0.15, 0.2) is 5.78 Å². The number of carbonyl (C=O) groups excluding carboxylic acids is 2. The van der Waals surface area contributed by atoms with Crippen molar-refractivity contribution in [3.63, 3.8) is 0 Å². The largest absolute Gasteiger partial charge is 0.311 e. The van der Waals surface area contributed by atoms with Gasteiger partial charge in [-0.2, -0.15) is 0 Å². The quantitative estimate of drug-likeness (QED) is 0.690. The van der Waals surface area contributed by atoms with Gasteiger partial charge in [0, 0.05) is 0 Å². The minimum atomic E-state index is -0.351. The van der Waals surface area contributed by atoms with Crippen LogP contribution in [-0.2, 0) is 16.0 Å². The Labute approximate surface area is 156 Å². The Morgan fingerprint density at radius 2 is 1.54 bits per heavy atom. The second-order valence-electron chi connectivity index (χ2n) is 6.53. The Kier molecular flexibility index (Phi) is 7.70. The van der Waals surface area contributed by atoms with Crippen LogP contribution in [0, 0.1) is 0 Å². The normalized spacial score (nSPS) is 13.2. The van der Waals surface area contributed by atoms with Gasteiger partial charge in [-0.25, -0.2) is 0 Å². The maximum absolute atomic E-state index is 12.2. The predicted octanol–water partition coefficient (Wildman–Crippen LogP) is 3.01. The third-order valence-corrected chi connectivity index (χ3v) is 4.66. The first-order chi connectivity index (χ1) is 12.5. The van der Waals surface area contributed by atoms with Crippen molar-refractivity contribution in [3.05, 3.63) is 60.2 Å². The standard InChI is InChI=1S/C22H28N2O2/c1-4-20(23-3)22(26)15-24-21(16(2)25)14-17-10-12-19(13-11-17)18-8-6-5-7-9-18/h5-13,20-21,23-24H,4,14-15H2,1-3H3/t20-,21-/m0/s1. The Hall–Kier alpha value is -2.30. The third kappa shape index (κ3) is 5.61. The Morgan fingerprint density at radius 3 is 2.08 bits per heavy atom. The van der Waals surface area contributed by atoms with E-state index in [4.69, 9.17) is 0 Å². The first-order valence-electron chi connectivity index (χ1n) is 9.13. The van der Waals surface area contributed by atoms with E-state index in [2.05, 4.69) is 34.9 Å². The van der Waals surface area contributed by atoms with Gasteiger partial charge in [-0.15, -0.1) is 0 Å². The molecule has 2 rings (SSSR count). The molecule has 2 N–H and O–H groups in total. The number of Topliss-reactive ketones (excluding diaryl/α,β-unsaturated/α-hetero) is 2. The van der Waals surface area contributed by atoms with Gasteiger partial charge in [0.1, 0.15) is 5.78 Å². The van der Waals surface area contributed by atoms with Crippen LogP contribution in [-0.4, -0.2) is 37.2 Å². The molecule has 4 heteroatoms. The molecule has 0 unspecified atom stereocenters. The maximum Gasteiger partial charge on any atom is 0.163 e. The van der Waals surface area contributed by atoms with Crippen LogP contribution in [0.25, 0.3) is 11.1 Å². The molecule has 0 aliphatic rings. The Bertz CT molecular complexity index is 707. The number of hydrogen-bond acceptors (Lipinski definition) is 4. The summed E-state index contributed by atoms with van der Waals surface area (Å²) in [5.74, 6) is 0.128. The van der Waals surface area contributed by atoms with Crippen molar-refractivity contribution in [2.24, 2.45) is 0 Å². The lowest BCUT2D eigenvalue weighted by molar-refractivity contribution is -0.121. The van der Waals surface area contributed by atoms with Crippen LogP contribution in [0.2, 0.25) is 0 Å². The molecule has 0 aliphatic heterocycles. The molecule has 138 valence electrons. The highest BCUT2D eigenvalue weighted by Crippen LogP contribution is 2.19. The molecule has 0 aromatic heterocycles. The second-order valence-corrected chi connectivity index (χ2v) is 6.53. The Balaban J connectivity index is 1.99. The number of rotatable bonds is 10. The van der Waals surface area contributed by atoms with Gasteiger partial charge in [0.05, 0.1) is 18.6 Å². The zero-order valence-corrected chi connectivity index (χ0v) is 15.8. The van der Waals surface area contributed by atoms with Crippen molar-refractivity contribution in [1.29, 1.82) is 0 Å². The van der Waals surface area contributed by atoms with E-state index < -0.39 is 0 Å². The molecule has 0 saturated carbocycles. The average molecular weight is 352 g/mol. The Morgan fingerprint density at radius 1 is 0.923 bits per heavy atom. The molecular weight excluding hydrogens is 324 g/mol. The number of carbonyl (C=O) groups is 2. The molecule has 26 heavy (non-hydrogen) atoms. The summed E-state index contributed by atoms with van der Waals surface area (Å²) >= 11 is 0. The van der Waals surface area contributed by atoms with Crippen LogP contribution in [0.5, 0.6) is 0 Å². The summed E-state index contributed by atoms with van der Waals surface area (Å²) in [6.45, 7) is 3.73. The molecule has 0 heterocycles. The van der Waals surface area contributed by atoms with Gasteiger partial charge >= 0.3 is 0 Å². The van der Waals surface area contributed by atoms with E-state index in [0.717, 1.165) is 17.5 Å². The van der Waals surface area contributed by atoms with Gasteiger partial charge in [-0.3, -0.25) is 9.59 Å². The molecule has 4 nitrogen and oxygen atoms in total. The van der Waals surface area contributed by atoms with Crippen LogP contribution in [0.15, 0.2) is 54.6 Å². The van der Waals surface area contributed by atoms with Crippen LogP contribution >= 0.6 is 0 Å². The fourth-order valence-electron chi connectivity index (χ4n) is 3.00. The second kappa shape index (κ2) is 10.00. The molecule has 2 aromatic rings. The van der Waals surface area contributed by atoms with Crippen LogP contribution in [0.3, 0.4) is 0 Å². The number of ketones is 2. The number of nitrogens with one attached hydrogen (secondary N) is 2. The summed E-state index contributed by atoms with van der Waals surface area (Å²) in [7, 11) is 1.78. The van der Waals surface area contributed by atoms with Gasteiger partial charge in [0.2, 0.25) is 0 Å². The molecule has 0 spiro atoms. The minimum Gasteiger partial charge on any atom is -0.311 e. The molecule has 0 saturated heterocycles. The van der Waals surface area contributed by atoms with Crippen molar-refractivity contribution < 1.29 is 9.59 Å². The van der Waals surface area contributed by atoms with Crippen molar-refractivity contribution in [2.45, 2.75) is 38.8 Å². The van der Waals surface area contributed by atoms with Crippen molar-refractivity contribution in [3.8, 4) is 11.1 Å². The lowest BCUT2D eigenvalue weighted by atomic mass is 9.99. The maximum atomic E-state index is 12.2. The van der Waals surface area contributed by atoms with Gasteiger partial charge in [-0.1, -0.05) is 61.5 Å². The molecule has 2 atom stereocenters. The molecular formula is C22H28N2O2. The topological polar surface area (TPSA) is 58.2 Å². The van der Waals surface area contributed by atoms with E-state index in [9.17, 15) is 9.59 Å². The zero-order valence-electron chi connectivity index (χ0n) is 15.8. The summed E-state index contributed by atoms with van der Waals surface area (Å²) in [6, 6.07) is 17.9. The predicted molar refractivity (Wildman–Crippen MR) is 106 cm³/mol. The average Bonchev–Trinajstić information content (AvgIpc) is 2.67. The highest BCUT2D eigenvalue weighted by molar-refractivity contribution is 5.87. The summed E-state index contributed by atoms with van der Waals surface area (Å²) in [5, 5.41) is 6.13. The van der Waals surface area contributed by atoms with E-state index in [1.807, 2.05) is 37.3 Å². The monoisotopic (exact) mass is 352 g/mol. The molecule has 2 aromatic carbocycles. The van der Waals surface area contributed by atoms with Crippen molar-refractivity contribution in [1.82, 2.24) is 10.6 Å². The lowest BCUT2D eigenvalue weighted by Crippen LogP contribution is -2.45. The highest BCUT2D eigenvalue weighted by atomic mass is 16.1. The van der Waals surface area contributed by atoms with Gasteiger partial charge < -0.3 is 10.6 Å². The zero-order chi connectivity index (χ0) is 18.9. The minimum absolute atomic E-state index is 0.0439. The summed E-state index contributed by atoms with van der Waals surface area (Å²) in [6.07, 6.45) is 1.32. The summed E-state index contributed by atoms with van der Waals surface area (Å²) in [4.78, 5) is 24.1.